The van der Waals surface area contributed by atoms with Crippen LogP contribution in [0.15, 0.2) is 334 Å². The van der Waals surface area contributed by atoms with Crippen molar-refractivity contribution < 1.29 is 4.74 Å². The summed E-state index contributed by atoms with van der Waals surface area (Å²) in [6.45, 7) is 6.73. The normalized spacial score (nSPS) is 13.8. The predicted octanol–water partition coefficient (Wildman–Crippen LogP) is 22.2. The number of nitrogens with zero attached hydrogens (tertiary/aromatic N) is 4. The van der Waals surface area contributed by atoms with E-state index in [0.717, 1.165) is 78.4 Å². The van der Waals surface area contributed by atoms with Crippen LogP contribution in [0.3, 0.4) is 0 Å². The average Bonchev–Trinajstić information content (AvgIpc) is 1.57. The third kappa shape index (κ3) is 8.60. The average molecular weight is 1220 g/mol. The van der Waals surface area contributed by atoms with E-state index >= 15 is 0 Å². The third-order valence-electron chi connectivity index (χ3n) is 20.2. The summed E-state index contributed by atoms with van der Waals surface area (Å²) in [5, 5.41) is 2.30. The highest BCUT2D eigenvalue weighted by Crippen LogP contribution is 2.59. The molecule has 3 aliphatic rings. The van der Waals surface area contributed by atoms with E-state index in [-0.39, 0.29) is 5.41 Å². The van der Waals surface area contributed by atoms with Crippen LogP contribution in [-0.2, 0) is 16.2 Å². The number of ether oxygens (including phenoxy) is 1. The van der Waals surface area contributed by atoms with Gasteiger partial charge in [-0.05, 0) is 159 Å². The minimum Gasteiger partial charge on any atom is -0.457 e. The Morgan fingerprint density at radius 3 is 1.38 bits per heavy atom. The Morgan fingerprint density at radius 2 is 0.811 bits per heavy atom. The number of fused-ring (bicyclic) bond motifs is 10. The second kappa shape index (κ2) is 21.8. The van der Waals surface area contributed by atoms with Gasteiger partial charge in [0.2, 0.25) is 11.4 Å². The Bertz CT molecular complexity index is 5390. The number of hydrogen-bond donors (Lipinski definition) is 0. The number of benzene rings is 13. The summed E-state index contributed by atoms with van der Waals surface area (Å²) in [5.74, 6) is 2.30. The Labute approximate surface area is 553 Å². The molecular weight excluding hydrogens is 1150 g/mol. The van der Waals surface area contributed by atoms with Gasteiger partial charge in [-0.3, -0.25) is 4.57 Å². The van der Waals surface area contributed by atoms with Crippen molar-refractivity contribution >= 4 is 50.6 Å². The maximum Gasteiger partial charge on any atom is 0.503 e. The van der Waals surface area contributed by atoms with Gasteiger partial charge in [-0.2, -0.15) is 0 Å². The van der Waals surface area contributed by atoms with Crippen LogP contribution < -0.4 is 13.9 Å². The number of rotatable bonds is 11. The molecule has 0 saturated heterocycles. The van der Waals surface area contributed by atoms with Crippen molar-refractivity contribution in [3.63, 3.8) is 0 Å². The van der Waals surface area contributed by atoms with E-state index in [9.17, 15) is 0 Å². The minimum absolute atomic E-state index is 0.0478. The highest BCUT2D eigenvalue weighted by Gasteiger charge is 2.48. The summed E-state index contributed by atoms with van der Waals surface area (Å²) in [7, 11) is 0. The summed E-state index contributed by atoms with van der Waals surface area (Å²) >= 11 is 0. The summed E-state index contributed by atoms with van der Waals surface area (Å²) < 4.78 is 13.7. The molecular formula is C90H64N4O+2. The molecule has 0 spiro atoms. The molecule has 0 radical (unpaired) electrons. The molecule has 0 saturated carbocycles. The maximum atomic E-state index is 6.98. The molecule has 15 aromatic rings. The molecule has 13 aromatic carbocycles. The van der Waals surface area contributed by atoms with E-state index in [1.165, 1.54) is 72.3 Å². The molecule has 0 unspecified atom stereocenters. The Morgan fingerprint density at radius 1 is 0.358 bits per heavy atom. The van der Waals surface area contributed by atoms with E-state index in [2.05, 4.69) is 362 Å². The summed E-state index contributed by atoms with van der Waals surface area (Å²) in [5.41, 5.74) is 25.3. The zero-order valence-corrected chi connectivity index (χ0v) is 53.0. The van der Waals surface area contributed by atoms with Gasteiger partial charge in [0.05, 0.1) is 39.1 Å². The Hall–Kier alpha value is -12.0. The molecule has 448 valence electrons. The van der Waals surface area contributed by atoms with Gasteiger partial charge in [0.1, 0.15) is 17.3 Å². The fourth-order valence-electron chi connectivity index (χ4n) is 16.0. The van der Waals surface area contributed by atoms with Crippen molar-refractivity contribution in [1.29, 1.82) is 0 Å². The van der Waals surface area contributed by atoms with Gasteiger partial charge >= 0.3 is 6.01 Å². The van der Waals surface area contributed by atoms with Gasteiger partial charge in [-0.15, -0.1) is 0 Å². The van der Waals surface area contributed by atoms with Crippen molar-refractivity contribution in [2.24, 2.45) is 0 Å². The van der Waals surface area contributed by atoms with Crippen molar-refractivity contribution in [2.75, 3.05) is 0 Å². The molecule has 95 heavy (non-hydrogen) atoms. The molecule has 18 rings (SSSR count). The van der Waals surface area contributed by atoms with E-state index in [4.69, 9.17) is 9.72 Å². The molecule has 0 atom stereocenters. The van der Waals surface area contributed by atoms with Crippen molar-refractivity contribution in [3.05, 3.63) is 384 Å². The van der Waals surface area contributed by atoms with Crippen LogP contribution in [0, 0.1) is 0 Å². The van der Waals surface area contributed by atoms with E-state index in [0.29, 0.717) is 5.75 Å². The number of aromatic nitrogens is 2. The van der Waals surface area contributed by atoms with Crippen molar-refractivity contribution in [2.45, 2.75) is 37.0 Å². The van der Waals surface area contributed by atoms with Crippen LogP contribution in [-0.4, -0.2) is 15.6 Å². The topological polar surface area (TPSA) is 33.1 Å². The van der Waals surface area contributed by atoms with Gasteiger partial charge in [0, 0.05) is 41.2 Å². The maximum absolute atomic E-state index is 6.98. The largest absolute Gasteiger partial charge is 0.503 e. The van der Waals surface area contributed by atoms with Crippen molar-refractivity contribution in [1.82, 2.24) is 18.7 Å². The van der Waals surface area contributed by atoms with Gasteiger partial charge in [0.25, 0.3) is 11.4 Å². The lowest BCUT2D eigenvalue weighted by molar-refractivity contribution is 0.483. The third-order valence-corrected chi connectivity index (χ3v) is 20.2. The number of para-hydroxylation sites is 4. The van der Waals surface area contributed by atoms with Gasteiger partial charge in [-0.25, -0.2) is 4.98 Å². The fraction of sp³-hybridized carbons (Fsp3) is 0.0667. The molecule has 0 bridgehead atoms. The van der Waals surface area contributed by atoms with Gasteiger partial charge in [-0.1, -0.05) is 257 Å². The van der Waals surface area contributed by atoms with Crippen molar-refractivity contribution in [3.8, 4) is 61.8 Å². The van der Waals surface area contributed by atoms with Crippen LogP contribution in [0.5, 0.6) is 11.5 Å². The molecule has 5 heteroatoms. The van der Waals surface area contributed by atoms with Crippen LogP contribution in [0.4, 0.5) is 22.7 Å². The van der Waals surface area contributed by atoms with E-state index < -0.39 is 10.8 Å². The lowest BCUT2D eigenvalue weighted by atomic mass is 9.67. The van der Waals surface area contributed by atoms with E-state index in [1.54, 1.807) is 0 Å². The molecule has 0 N–H and O–H groups in total. The van der Waals surface area contributed by atoms with Crippen LogP contribution in [0.1, 0.15) is 70.8 Å². The Balaban J connectivity index is 0.840. The number of pyridine rings is 1. The lowest BCUT2D eigenvalue weighted by Gasteiger charge is -2.34. The monoisotopic (exact) mass is 1220 g/mol. The summed E-state index contributed by atoms with van der Waals surface area (Å²) in [6.07, 6.45) is 1.93. The number of hydrogen-bond acceptors (Lipinski definition) is 2. The van der Waals surface area contributed by atoms with Gasteiger partial charge in [0.15, 0.2) is 0 Å². The molecule has 2 aromatic heterocycles. The molecule has 5 nitrogen and oxygen atoms in total. The first-order valence-electron chi connectivity index (χ1n) is 32.8. The second-order valence-corrected chi connectivity index (χ2v) is 26.3. The zero-order valence-electron chi connectivity index (χ0n) is 53.0. The minimum atomic E-state index is -0.599. The fourth-order valence-corrected chi connectivity index (χ4v) is 16.0. The molecule has 3 heterocycles. The zero-order chi connectivity index (χ0) is 63.4. The molecule has 0 fully saturated rings. The van der Waals surface area contributed by atoms with Crippen LogP contribution in [0.25, 0.3) is 72.1 Å². The highest BCUT2D eigenvalue weighted by atomic mass is 16.5. The SMILES string of the molecule is CC(C)(C)c1ccnc(-n2c3ccccc3c3ccc(Oc4cccc([N+]5=C=[N+](c6c(-c7cccc(C8(c9ccccc9)c9ccccc9-c9ccccc98)c7)cccc6-c6cccc(C7(c8ccccc8)c8ccccc8-c8ccccc87)c6)c6ccccc65)c4)cc32)c1. The molecule has 0 amide bonds. The van der Waals surface area contributed by atoms with E-state index in [1.807, 2.05) is 12.3 Å². The standard InChI is InChI=1S/C90H64N4O/c1-88(2,3)64-52-53-91-86(56-64)94-82-47-19-14-40-76(82)77-51-50-69(58-85(77)94)95-68-35-24-34-67(57-68)92-59-93(84-49-21-20-48-83(84)92)87-70(60-26-22-32-65(54-60)89(62-28-6-4-7-29-62)78-43-15-10-36-72(78)73-37-11-16-44-79(73)89)41-25-42-71(87)61-27-23-33-66(55-61)90(63-30-8-5-9-31-63)80-45-17-12-38-74(80)75-39-13-18-46-81(75)90/h4-58H,1-3H3/q+2. The quantitative estimate of drug-likeness (QED) is 0.121. The first-order chi connectivity index (χ1) is 46.7. The second-order valence-electron chi connectivity index (χ2n) is 26.3. The van der Waals surface area contributed by atoms with Crippen LogP contribution >= 0.6 is 0 Å². The summed E-state index contributed by atoms with van der Waals surface area (Å²) in [4.78, 5) is 4.96. The van der Waals surface area contributed by atoms with Crippen LogP contribution in [0.2, 0.25) is 0 Å². The smallest absolute Gasteiger partial charge is 0.457 e. The van der Waals surface area contributed by atoms with Gasteiger partial charge < -0.3 is 4.74 Å². The molecule has 2 aliphatic carbocycles. The first-order valence-corrected chi connectivity index (χ1v) is 32.8. The highest BCUT2D eigenvalue weighted by molar-refractivity contribution is 6.09. The summed E-state index contributed by atoms with van der Waals surface area (Å²) in [6, 6.07) is 124. The first kappa shape index (κ1) is 55.8. The molecule has 1 aliphatic heterocycles. The lowest BCUT2D eigenvalue weighted by Crippen LogP contribution is -2.28. The Kier molecular flexibility index (Phi) is 12.8. The predicted molar refractivity (Wildman–Crippen MR) is 390 cm³/mol.